The molecule has 1 spiro atoms. The zero-order valence-corrected chi connectivity index (χ0v) is 10.8. The molecule has 0 aromatic heterocycles. The second kappa shape index (κ2) is 3.60. The molecule has 2 bridgehead atoms. The maximum absolute atomic E-state index is 6.04. The smallest absolute Gasteiger partial charge is 0.0954 e. The summed E-state index contributed by atoms with van der Waals surface area (Å²) in [6, 6.07) is 0. The van der Waals surface area contributed by atoms with Gasteiger partial charge in [0.15, 0.2) is 0 Å². The average Bonchev–Trinajstić information content (AvgIpc) is 2.86. The lowest BCUT2D eigenvalue weighted by Crippen LogP contribution is -2.34. The lowest BCUT2D eigenvalue weighted by Gasteiger charge is -2.37. The maximum Gasteiger partial charge on any atom is 0.0954 e. The Balaban J connectivity index is 1.86. The fourth-order valence-electron chi connectivity index (χ4n) is 4.07. The van der Waals surface area contributed by atoms with E-state index in [4.69, 9.17) is 4.74 Å². The van der Waals surface area contributed by atoms with Crippen molar-refractivity contribution in [3.63, 3.8) is 0 Å². The van der Waals surface area contributed by atoms with E-state index >= 15 is 0 Å². The quantitative estimate of drug-likeness (QED) is 0.482. The third-order valence-electron chi connectivity index (χ3n) is 5.09. The first-order valence-corrected chi connectivity index (χ1v) is 6.96. The van der Waals surface area contributed by atoms with E-state index in [1.54, 1.807) is 5.57 Å². The molecule has 1 aliphatic heterocycles. The molecule has 16 heavy (non-hydrogen) atoms. The number of hydrogen-bond donors (Lipinski definition) is 0. The summed E-state index contributed by atoms with van der Waals surface area (Å²) in [5.41, 5.74) is 1.93. The molecule has 2 aliphatic carbocycles. The summed E-state index contributed by atoms with van der Waals surface area (Å²) in [7, 11) is 0. The Labute approximate surface area is 99.3 Å². The summed E-state index contributed by atoms with van der Waals surface area (Å²) in [6.45, 7) is 7.08. The number of rotatable bonds is 1. The largest absolute Gasteiger partial charge is 0.366 e. The van der Waals surface area contributed by atoms with Crippen molar-refractivity contribution in [2.75, 3.05) is 0 Å². The van der Waals surface area contributed by atoms with E-state index in [0.29, 0.717) is 11.7 Å². The van der Waals surface area contributed by atoms with Crippen molar-refractivity contribution in [1.29, 1.82) is 0 Å². The molecule has 1 nitrogen and oxygen atoms in total. The molecule has 2 fully saturated rings. The highest BCUT2D eigenvalue weighted by Crippen LogP contribution is 2.55. The zero-order valence-electron chi connectivity index (χ0n) is 10.8. The van der Waals surface area contributed by atoms with Gasteiger partial charge in [0.1, 0.15) is 0 Å². The van der Waals surface area contributed by atoms with Gasteiger partial charge in [0.25, 0.3) is 0 Å². The van der Waals surface area contributed by atoms with Crippen LogP contribution in [0.2, 0.25) is 0 Å². The molecule has 90 valence electrons. The van der Waals surface area contributed by atoms with Crippen LogP contribution in [-0.2, 0) is 4.74 Å². The number of ether oxygens (including phenoxy) is 1. The van der Waals surface area contributed by atoms with Crippen LogP contribution in [0.1, 0.15) is 52.9 Å². The van der Waals surface area contributed by atoms with Crippen LogP contribution in [0.25, 0.3) is 0 Å². The Morgan fingerprint density at radius 1 is 1.38 bits per heavy atom. The van der Waals surface area contributed by atoms with Crippen LogP contribution in [0.3, 0.4) is 0 Å². The molecule has 1 saturated carbocycles. The molecule has 1 saturated heterocycles. The molecule has 0 radical (unpaired) electrons. The van der Waals surface area contributed by atoms with E-state index in [1.165, 1.54) is 32.1 Å². The molecule has 0 aromatic carbocycles. The Morgan fingerprint density at radius 3 is 2.94 bits per heavy atom. The highest BCUT2D eigenvalue weighted by Gasteiger charge is 2.59. The van der Waals surface area contributed by atoms with Crippen LogP contribution in [0, 0.1) is 17.8 Å². The van der Waals surface area contributed by atoms with E-state index in [1.807, 2.05) is 0 Å². The third-order valence-corrected chi connectivity index (χ3v) is 5.09. The first-order valence-electron chi connectivity index (χ1n) is 6.96. The standard InChI is InChI=1S/C15H24O/c1-10(2)13-6-7-15-9-12(13)8-11(3)4-5-14(15)16-15/h8,10,12-14H,4-7,9H2,1-3H3/b11-8-/t12-,13+,14?,15+/m1/s1. The van der Waals surface area contributed by atoms with Crippen LogP contribution in [-0.4, -0.2) is 11.7 Å². The molecular formula is C15H24O. The summed E-state index contributed by atoms with van der Waals surface area (Å²) in [5.74, 6) is 2.51. The van der Waals surface area contributed by atoms with Gasteiger partial charge in [0, 0.05) is 0 Å². The summed E-state index contributed by atoms with van der Waals surface area (Å²) >= 11 is 0. The highest BCUT2D eigenvalue weighted by molar-refractivity contribution is 5.16. The fourth-order valence-corrected chi connectivity index (χ4v) is 4.07. The number of epoxide rings is 1. The van der Waals surface area contributed by atoms with Gasteiger partial charge in [0.2, 0.25) is 0 Å². The first kappa shape index (κ1) is 10.8. The van der Waals surface area contributed by atoms with Crippen LogP contribution >= 0.6 is 0 Å². The molecule has 0 amide bonds. The lowest BCUT2D eigenvalue weighted by molar-refractivity contribution is 0.132. The van der Waals surface area contributed by atoms with Crippen molar-refractivity contribution >= 4 is 0 Å². The molecular weight excluding hydrogens is 196 g/mol. The highest BCUT2D eigenvalue weighted by atomic mass is 16.6. The predicted octanol–water partition coefficient (Wildman–Crippen LogP) is 3.94. The summed E-state index contributed by atoms with van der Waals surface area (Å²) in [4.78, 5) is 0. The second-order valence-corrected chi connectivity index (χ2v) is 6.54. The van der Waals surface area contributed by atoms with Gasteiger partial charge in [-0.3, -0.25) is 0 Å². The van der Waals surface area contributed by atoms with Crippen LogP contribution < -0.4 is 0 Å². The van der Waals surface area contributed by atoms with Crippen LogP contribution in [0.15, 0.2) is 11.6 Å². The summed E-state index contributed by atoms with van der Waals surface area (Å²) in [5, 5.41) is 0. The van der Waals surface area contributed by atoms with Crippen molar-refractivity contribution in [3.8, 4) is 0 Å². The van der Waals surface area contributed by atoms with Gasteiger partial charge in [-0.05, 0) is 56.8 Å². The Hall–Kier alpha value is -0.300. The normalized spacial score (nSPS) is 50.0. The van der Waals surface area contributed by atoms with Crippen LogP contribution in [0.5, 0.6) is 0 Å². The zero-order chi connectivity index (χ0) is 11.3. The van der Waals surface area contributed by atoms with E-state index in [-0.39, 0.29) is 0 Å². The molecule has 0 N–H and O–H groups in total. The topological polar surface area (TPSA) is 12.5 Å². The molecule has 3 rings (SSSR count). The van der Waals surface area contributed by atoms with Crippen molar-refractivity contribution in [2.24, 2.45) is 17.8 Å². The molecule has 1 heterocycles. The number of hydrogen-bond acceptors (Lipinski definition) is 1. The van der Waals surface area contributed by atoms with Gasteiger partial charge in [0.05, 0.1) is 11.7 Å². The van der Waals surface area contributed by atoms with Gasteiger partial charge in [-0.15, -0.1) is 0 Å². The Morgan fingerprint density at radius 2 is 2.19 bits per heavy atom. The summed E-state index contributed by atoms with van der Waals surface area (Å²) in [6.07, 6.45) is 9.70. The Kier molecular flexibility index (Phi) is 2.43. The Bertz CT molecular complexity index is 317. The summed E-state index contributed by atoms with van der Waals surface area (Å²) < 4.78 is 6.04. The first-order chi connectivity index (χ1) is 7.61. The van der Waals surface area contributed by atoms with Crippen molar-refractivity contribution in [2.45, 2.75) is 64.6 Å². The maximum atomic E-state index is 6.04. The van der Waals surface area contributed by atoms with Crippen molar-refractivity contribution in [1.82, 2.24) is 0 Å². The third kappa shape index (κ3) is 1.64. The van der Waals surface area contributed by atoms with E-state index < -0.39 is 0 Å². The SMILES string of the molecule is C/C1=C/[C@@H]2C[C@]3(CC[C@H]2C(C)C)OC3CC1. The fraction of sp³-hybridized carbons (Fsp3) is 0.867. The van der Waals surface area contributed by atoms with Gasteiger partial charge < -0.3 is 4.74 Å². The monoisotopic (exact) mass is 220 g/mol. The van der Waals surface area contributed by atoms with Gasteiger partial charge in [-0.25, -0.2) is 0 Å². The molecule has 3 aliphatic rings. The molecule has 1 unspecified atom stereocenters. The van der Waals surface area contributed by atoms with Gasteiger partial charge >= 0.3 is 0 Å². The van der Waals surface area contributed by atoms with E-state index in [9.17, 15) is 0 Å². The van der Waals surface area contributed by atoms with E-state index in [2.05, 4.69) is 26.8 Å². The number of fused-ring (bicyclic) bond motifs is 1. The number of allylic oxidation sites excluding steroid dienone is 2. The van der Waals surface area contributed by atoms with Gasteiger partial charge in [-0.2, -0.15) is 0 Å². The minimum absolute atomic E-state index is 0.327. The molecule has 0 aromatic rings. The van der Waals surface area contributed by atoms with Crippen molar-refractivity contribution in [3.05, 3.63) is 11.6 Å². The lowest BCUT2D eigenvalue weighted by atomic mass is 9.67. The minimum Gasteiger partial charge on any atom is -0.366 e. The average molecular weight is 220 g/mol. The predicted molar refractivity (Wildman–Crippen MR) is 66.3 cm³/mol. The molecule has 4 atom stereocenters. The molecule has 1 heteroatoms. The van der Waals surface area contributed by atoms with Crippen LogP contribution in [0.4, 0.5) is 0 Å². The minimum atomic E-state index is 0.327. The van der Waals surface area contributed by atoms with Gasteiger partial charge in [-0.1, -0.05) is 25.5 Å². The second-order valence-electron chi connectivity index (χ2n) is 6.54. The van der Waals surface area contributed by atoms with E-state index in [0.717, 1.165) is 17.8 Å². The van der Waals surface area contributed by atoms with Crippen molar-refractivity contribution < 1.29 is 4.74 Å².